The number of halogens is 1. The summed E-state index contributed by atoms with van der Waals surface area (Å²) in [6.45, 7) is -0.255. The molecule has 30 heavy (non-hydrogen) atoms. The lowest BCUT2D eigenvalue weighted by Crippen LogP contribution is -2.25. The van der Waals surface area contributed by atoms with E-state index >= 15 is 0 Å². The van der Waals surface area contributed by atoms with Crippen molar-refractivity contribution >= 4 is 22.8 Å². The molecule has 6 heteroatoms. The molecule has 0 atom stereocenters. The van der Waals surface area contributed by atoms with Crippen molar-refractivity contribution in [3.05, 3.63) is 64.9 Å². The van der Waals surface area contributed by atoms with Crippen LogP contribution in [-0.2, 0) is 24.0 Å². The average Bonchev–Trinajstić information content (AvgIpc) is 2.79. The van der Waals surface area contributed by atoms with Crippen molar-refractivity contribution in [3.8, 4) is 11.5 Å². The molecule has 1 aliphatic carbocycles. The number of ether oxygens (including phenoxy) is 3. The zero-order valence-corrected chi connectivity index (χ0v) is 18.3. The Hall–Kier alpha value is -2.60. The number of fused-ring (bicyclic) bond motifs is 1. The van der Waals surface area contributed by atoms with Gasteiger partial charge in [-0.1, -0.05) is 36.5 Å². The highest BCUT2D eigenvalue weighted by Gasteiger charge is 2.14. The summed E-state index contributed by atoms with van der Waals surface area (Å²) in [4.78, 5) is 0.541. The third-order valence-corrected chi connectivity index (χ3v) is 5.68. The molecule has 0 heterocycles. The number of hydrogen-bond acceptors (Lipinski definition) is 4. The number of aryl methyl sites for hydroxylation is 2. The molecule has 1 N–H and O–H groups in total. The molecular formula is C24H28FNO3S. The van der Waals surface area contributed by atoms with Gasteiger partial charge in [-0.05, 0) is 66.5 Å². The van der Waals surface area contributed by atoms with E-state index in [0.717, 1.165) is 30.4 Å². The highest BCUT2D eigenvalue weighted by molar-refractivity contribution is 7.81. The van der Waals surface area contributed by atoms with E-state index in [0.29, 0.717) is 28.6 Å². The van der Waals surface area contributed by atoms with E-state index in [-0.39, 0.29) is 0 Å². The molecule has 0 aliphatic heterocycles. The molecule has 0 saturated carbocycles. The minimum absolute atomic E-state index is 0.541. The zero-order chi connectivity index (χ0) is 21.3. The van der Waals surface area contributed by atoms with Gasteiger partial charge >= 0.3 is 0 Å². The molecule has 2 aromatic carbocycles. The predicted octanol–water partition coefficient (Wildman–Crippen LogP) is 5.03. The number of rotatable bonds is 9. The van der Waals surface area contributed by atoms with E-state index in [1.165, 1.54) is 30.2 Å². The van der Waals surface area contributed by atoms with Gasteiger partial charge in [-0.25, -0.2) is 4.39 Å². The molecule has 4 nitrogen and oxygen atoms in total. The van der Waals surface area contributed by atoms with Crippen LogP contribution in [-0.4, -0.2) is 32.6 Å². The molecule has 0 saturated heterocycles. The first-order valence-electron chi connectivity index (χ1n) is 10.1. The van der Waals surface area contributed by atoms with Gasteiger partial charge in [0.1, 0.15) is 4.99 Å². The summed E-state index contributed by atoms with van der Waals surface area (Å²) in [5, 5.41) is 3.27. The Kier molecular flexibility index (Phi) is 8.08. The minimum Gasteiger partial charge on any atom is -0.493 e. The lowest BCUT2D eigenvalue weighted by Gasteiger charge is -2.18. The number of hydrogen-bond donors (Lipinski definition) is 1. The van der Waals surface area contributed by atoms with Crippen molar-refractivity contribution < 1.29 is 18.6 Å². The summed E-state index contributed by atoms with van der Waals surface area (Å²) in [6.07, 6.45) is 6.78. The van der Waals surface area contributed by atoms with E-state index in [2.05, 4.69) is 17.4 Å². The van der Waals surface area contributed by atoms with Crippen molar-refractivity contribution in [2.45, 2.75) is 32.1 Å². The van der Waals surface area contributed by atoms with Crippen LogP contribution in [0, 0.1) is 0 Å². The third-order valence-electron chi connectivity index (χ3n) is 5.32. The van der Waals surface area contributed by atoms with E-state index in [1.54, 1.807) is 14.2 Å². The van der Waals surface area contributed by atoms with Crippen molar-refractivity contribution in [2.24, 2.45) is 0 Å². The van der Waals surface area contributed by atoms with E-state index in [4.69, 9.17) is 26.4 Å². The Bertz CT molecular complexity index is 913. The second kappa shape index (κ2) is 11.0. The third kappa shape index (κ3) is 5.51. The fourth-order valence-electron chi connectivity index (χ4n) is 3.72. The van der Waals surface area contributed by atoms with Crippen molar-refractivity contribution in [1.82, 2.24) is 5.32 Å². The number of thiocarbonyl (C=S) groups is 1. The lowest BCUT2D eigenvalue weighted by atomic mass is 9.89. The van der Waals surface area contributed by atoms with Gasteiger partial charge in [0.15, 0.2) is 11.5 Å². The van der Waals surface area contributed by atoms with Crippen LogP contribution in [0.5, 0.6) is 11.5 Å². The molecule has 3 rings (SSSR count). The quantitative estimate of drug-likeness (QED) is 0.344. The highest BCUT2D eigenvalue weighted by Crippen LogP contribution is 2.28. The number of benzene rings is 2. The molecule has 1 aliphatic rings. The Labute approximate surface area is 183 Å². The molecular weight excluding hydrogens is 401 g/mol. The molecule has 0 bridgehead atoms. The molecule has 2 aromatic rings. The second-order valence-corrected chi connectivity index (χ2v) is 7.60. The first-order chi connectivity index (χ1) is 14.7. The van der Waals surface area contributed by atoms with Gasteiger partial charge in [0.25, 0.3) is 0 Å². The smallest absolute Gasteiger partial charge is 0.227 e. The fraction of sp³-hybridized carbons (Fsp3) is 0.375. The summed E-state index contributed by atoms with van der Waals surface area (Å²) in [5.41, 5.74) is 5.49. The topological polar surface area (TPSA) is 39.7 Å². The van der Waals surface area contributed by atoms with Crippen LogP contribution in [0.1, 0.15) is 35.1 Å². The van der Waals surface area contributed by atoms with Crippen LogP contribution >= 0.6 is 12.2 Å². The van der Waals surface area contributed by atoms with Crippen molar-refractivity contribution in [3.63, 3.8) is 0 Å². The SMILES string of the molecule is COc1ccc(CCNC(=S)C(=COCF)c2ccc3c(c2)CCCC3)cc1OC. The molecule has 160 valence electrons. The number of nitrogens with one attached hydrogen (secondary N) is 1. The Morgan fingerprint density at radius 3 is 2.53 bits per heavy atom. The minimum atomic E-state index is -0.886. The molecule has 0 amide bonds. The number of methoxy groups -OCH3 is 2. The summed E-state index contributed by atoms with van der Waals surface area (Å²) in [6, 6.07) is 12.2. The normalized spacial score (nSPS) is 13.4. The second-order valence-electron chi connectivity index (χ2n) is 7.19. The Morgan fingerprint density at radius 1 is 1.03 bits per heavy atom. The van der Waals surface area contributed by atoms with Gasteiger partial charge in [-0.15, -0.1) is 0 Å². The summed E-state index contributed by atoms with van der Waals surface area (Å²) in [5.74, 6) is 1.40. The summed E-state index contributed by atoms with van der Waals surface area (Å²) >= 11 is 5.60. The molecule has 0 radical (unpaired) electrons. The van der Waals surface area contributed by atoms with Crippen LogP contribution < -0.4 is 14.8 Å². The molecule has 0 aromatic heterocycles. The molecule has 0 spiro atoms. The van der Waals surface area contributed by atoms with Crippen LogP contribution in [0.3, 0.4) is 0 Å². The van der Waals surface area contributed by atoms with E-state index in [1.807, 2.05) is 24.3 Å². The maximum atomic E-state index is 12.7. The highest BCUT2D eigenvalue weighted by atomic mass is 32.1. The van der Waals surface area contributed by atoms with E-state index < -0.39 is 6.86 Å². The van der Waals surface area contributed by atoms with Crippen molar-refractivity contribution in [1.29, 1.82) is 0 Å². The molecule has 0 fully saturated rings. The van der Waals surface area contributed by atoms with Gasteiger partial charge < -0.3 is 19.5 Å². The lowest BCUT2D eigenvalue weighted by molar-refractivity contribution is 0.142. The Balaban J connectivity index is 1.68. The Morgan fingerprint density at radius 2 is 1.80 bits per heavy atom. The molecule has 0 unspecified atom stereocenters. The van der Waals surface area contributed by atoms with E-state index in [9.17, 15) is 4.39 Å². The van der Waals surface area contributed by atoms with Gasteiger partial charge in [0, 0.05) is 6.54 Å². The number of alkyl halides is 1. The average molecular weight is 430 g/mol. The zero-order valence-electron chi connectivity index (χ0n) is 17.5. The van der Waals surface area contributed by atoms with Crippen LogP contribution in [0.4, 0.5) is 4.39 Å². The maximum Gasteiger partial charge on any atom is 0.227 e. The van der Waals surface area contributed by atoms with Gasteiger partial charge in [0.2, 0.25) is 6.86 Å². The van der Waals surface area contributed by atoms with Crippen molar-refractivity contribution in [2.75, 3.05) is 27.6 Å². The first-order valence-corrected chi connectivity index (χ1v) is 10.6. The van der Waals surface area contributed by atoms with Crippen LogP contribution in [0.25, 0.3) is 5.57 Å². The van der Waals surface area contributed by atoms with Crippen LogP contribution in [0.15, 0.2) is 42.7 Å². The van der Waals surface area contributed by atoms with Gasteiger partial charge in [-0.2, -0.15) is 0 Å². The van der Waals surface area contributed by atoms with Crippen LogP contribution in [0.2, 0.25) is 0 Å². The monoisotopic (exact) mass is 429 g/mol. The largest absolute Gasteiger partial charge is 0.493 e. The predicted molar refractivity (Wildman–Crippen MR) is 122 cm³/mol. The summed E-state index contributed by atoms with van der Waals surface area (Å²) in [7, 11) is 3.24. The fourth-order valence-corrected chi connectivity index (χ4v) is 3.99. The van der Waals surface area contributed by atoms with Gasteiger partial charge in [0.05, 0.1) is 26.1 Å². The van der Waals surface area contributed by atoms with Gasteiger partial charge in [-0.3, -0.25) is 0 Å². The first kappa shape index (κ1) is 22.1. The maximum absolute atomic E-state index is 12.7. The summed E-state index contributed by atoms with van der Waals surface area (Å²) < 4.78 is 28.2. The standard InChI is InChI=1S/C24H28FNO3S/c1-27-22-10-7-17(13-23(22)28-2)11-12-26-24(30)21(15-29-16-25)20-9-8-18-5-3-4-6-19(18)14-20/h7-10,13-15H,3-6,11-12,16H2,1-2H3,(H,26,30).